The number of hydrogen-bond acceptors (Lipinski definition) is 2. The summed E-state index contributed by atoms with van der Waals surface area (Å²) < 4.78 is 49.1. The molecular weight excluding hydrogens is 202 g/mol. The van der Waals surface area contributed by atoms with Gasteiger partial charge in [-0.25, -0.2) is 4.39 Å². The fourth-order valence-corrected chi connectivity index (χ4v) is 0.944. The number of aliphatic hydroxyl groups excluding tert-OH is 1. The Morgan fingerprint density at radius 2 is 1.93 bits per heavy atom. The fraction of sp³-hybridized carbons (Fsp3) is 0.250. The Hall–Kier alpha value is -1.30. The molecule has 1 aromatic rings. The van der Waals surface area contributed by atoms with Gasteiger partial charge in [0.15, 0.2) is 0 Å². The number of hydrogen-bond donors (Lipinski definition) is 2. The second-order valence-electron chi connectivity index (χ2n) is 2.53. The average Bonchev–Trinajstić information content (AvgIpc) is 2.07. The molecule has 0 radical (unpaired) electrons. The van der Waals surface area contributed by atoms with Gasteiger partial charge in [-0.15, -0.1) is 0 Å². The van der Waals surface area contributed by atoms with Gasteiger partial charge in [0.1, 0.15) is 12.5 Å². The van der Waals surface area contributed by atoms with Crippen molar-refractivity contribution in [2.24, 2.45) is 0 Å². The van der Waals surface area contributed by atoms with Gasteiger partial charge in [0.2, 0.25) is 0 Å². The molecule has 0 unspecified atom stereocenters. The molecule has 1 aromatic carbocycles. The highest BCUT2D eigenvalue weighted by atomic mass is 19.4. The molecular formula is C8H7F4NO. The highest BCUT2D eigenvalue weighted by Gasteiger charge is 2.34. The molecule has 0 fully saturated rings. The third-order valence-corrected chi connectivity index (χ3v) is 1.55. The third-order valence-electron chi connectivity index (χ3n) is 1.55. The molecule has 0 aliphatic rings. The van der Waals surface area contributed by atoms with E-state index in [0.717, 1.165) is 6.07 Å². The Kier molecular flexibility index (Phi) is 2.95. The maximum Gasteiger partial charge on any atom is 0.419 e. The van der Waals surface area contributed by atoms with Crippen LogP contribution >= 0.6 is 0 Å². The Morgan fingerprint density at radius 3 is 2.43 bits per heavy atom. The van der Waals surface area contributed by atoms with Crippen LogP contribution in [0.4, 0.5) is 23.2 Å². The Balaban J connectivity index is 3.09. The Morgan fingerprint density at radius 1 is 1.29 bits per heavy atom. The number of rotatable bonds is 2. The van der Waals surface area contributed by atoms with Crippen LogP contribution in [-0.4, -0.2) is 11.8 Å². The molecule has 0 aromatic heterocycles. The van der Waals surface area contributed by atoms with Gasteiger partial charge >= 0.3 is 6.18 Å². The van der Waals surface area contributed by atoms with Crippen molar-refractivity contribution in [3.8, 4) is 0 Å². The van der Waals surface area contributed by atoms with Crippen molar-refractivity contribution in [3.63, 3.8) is 0 Å². The van der Waals surface area contributed by atoms with Gasteiger partial charge in [-0.1, -0.05) is 0 Å². The number of anilines is 1. The number of aliphatic hydroxyl groups is 1. The fourth-order valence-electron chi connectivity index (χ4n) is 0.944. The van der Waals surface area contributed by atoms with Gasteiger partial charge in [-0.05, 0) is 18.2 Å². The van der Waals surface area contributed by atoms with Crippen LogP contribution in [0, 0.1) is 5.82 Å². The lowest BCUT2D eigenvalue weighted by Crippen LogP contribution is -2.09. The third kappa shape index (κ3) is 2.35. The predicted molar refractivity (Wildman–Crippen MR) is 42.1 cm³/mol. The first kappa shape index (κ1) is 10.8. The molecule has 0 spiro atoms. The van der Waals surface area contributed by atoms with Crippen molar-refractivity contribution in [2.45, 2.75) is 6.18 Å². The first-order valence-electron chi connectivity index (χ1n) is 3.66. The highest BCUT2D eigenvalue weighted by molar-refractivity contribution is 5.46. The van der Waals surface area contributed by atoms with Crippen LogP contribution in [0.5, 0.6) is 0 Å². The summed E-state index contributed by atoms with van der Waals surface area (Å²) in [7, 11) is 0. The molecule has 14 heavy (non-hydrogen) atoms. The van der Waals surface area contributed by atoms with Crippen molar-refractivity contribution < 1.29 is 22.7 Å². The van der Waals surface area contributed by atoms with E-state index in [-0.39, 0.29) is 5.69 Å². The lowest BCUT2D eigenvalue weighted by molar-refractivity contribution is -0.139. The van der Waals surface area contributed by atoms with E-state index in [1.165, 1.54) is 0 Å². The maximum absolute atomic E-state index is 12.7. The summed E-state index contributed by atoms with van der Waals surface area (Å²) in [5.41, 5.74) is -1.34. The second kappa shape index (κ2) is 3.83. The summed E-state index contributed by atoms with van der Waals surface area (Å²) in [6, 6.07) is 2.41. The summed E-state index contributed by atoms with van der Waals surface area (Å²) in [5.74, 6) is -1.33. The zero-order valence-electron chi connectivity index (χ0n) is 6.90. The van der Waals surface area contributed by atoms with Gasteiger partial charge in [-0.3, -0.25) is 0 Å². The van der Waals surface area contributed by atoms with Crippen molar-refractivity contribution >= 4 is 5.69 Å². The van der Waals surface area contributed by atoms with E-state index >= 15 is 0 Å². The number of benzene rings is 1. The van der Waals surface area contributed by atoms with Gasteiger partial charge in [-0.2, -0.15) is 13.2 Å². The van der Waals surface area contributed by atoms with Crippen LogP contribution < -0.4 is 5.32 Å². The minimum absolute atomic E-state index is 0.0150. The van der Waals surface area contributed by atoms with Crippen molar-refractivity contribution in [1.82, 2.24) is 0 Å². The molecule has 0 atom stereocenters. The molecule has 0 amide bonds. The minimum Gasteiger partial charge on any atom is -0.377 e. The summed E-state index contributed by atoms with van der Waals surface area (Å²) in [5, 5.41) is 10.6. The van der Waals surface area contributed by atoms with Gasteiger partial charge in [0.25, 0.3) is 0 Å². The van der Waals surface area contributed by atoms with Crippen LogP contribution in [0.2, 0.25) is 0 Å². The molecule has 2 N–H and O–H groups in total. The summed E-state index contributed by atoms with van der Waals surface area (Å²) >= 11 is 0. The SMILES string of the molecule is OCNc1ccc(F)c(C(F)(F)F)c1. The Bertz CT molecular complexity index is 324. The average molecular weight is 209 g/mol. The molecule has 1 rings (SSSR count). The molecule has 6 heteroatoms. The zero-order valence-corrected chi connectivity index (χ0v) is 6.90. The van der Waals surface area contributed by atoms with Gasteiger partial charge in [0, 0.05) is 5.69 Å². The second-order valence-corrected chi connectivity index (χ2v) is 2.53. The summed E-state index contributed by atoms with van der Waals surface area (Å²) in [6.45, 7) is -0.511. The van der Waals surface area contributed by atoms with Crippen LogP contribution in [0.1, 0.15) is 5.56 Å². The number of alkyl halides is 3. The molecule has 2 nitrogen and oxygen atoms in total. The quantitative estimate of drug-likeness (QED) is 0.578. The van der Waals surface area contributed by atoms with Crippen molar-refractivity contribution in [2.75, 3.05) is 12.0 Å². The number of halogens is 4. The van der Waals surface area contributed by atoms with Crippen molar-refractivity contribution in [1.29, 1.82) is 0 Å². The van der Waals surface area contributed by atoms with E-state index in [0.29, 0.717) is 12.1 Å². The Labute approximate surface area is 77.2 Å². The minimum atomic E-state index is -4.72. The van der Waals surface area contributed by atoms with Crippen LogP contribution in [0.25, 0.3) is 0 Å². The monoisotopic (exact) mass is 209 g/mol. The molecule has 0 bridgehead atoms. The highest BCUT2D eigenvalue weighted by Crippen LogP contribution is 2.32. The zero-order chi connectivity index (χ0) is 10.8. The molecule has 0 heterocycles. The first-order valence-corrected chi connectivity index (χ1v) is 3.66. The summed E-state index contributed by atoms with van der Waals surface area (Å²) in [4.78, 5) is 0. The standard InChI is InChI=1S/C8H7F4NO/c9-7-2-1-5(13-4-14)3-6(7)8(10,11)12/h1-3,13-14H,4H2. The van der Waals surface area contributed by atoms with E-state index in [9.17, 15) is 17.6 Å². The lowest BCUT2D eigenvalue weighted by Gasteiger charge is -2.10. The molecule has 0 aliphatic carbocycles. The predicted octanol–water partition coefficient (Wildman–Crippen LogP) is 2.21. The first-order chi connectivity index (χ1) is 6.45. The van der Waals surface area contributed by atoms with Crippen LogP contribution in [0.15, 0.2) is 18.2 Å². The van der Waals surface area contributed by atoms with E-state index in [2.05, 4.69) is 5.32 Å². The molecule has 0 saturated heterocycles. The smallest absolute Gasteiger partial charge is 0.377 e. The van der Waals surface area contributed by atoms with E-state index in [1.807, 2.05) is 0 Å². The normalized spacial score (nSPS) is 11.5. The van der Waals surface area contributed by atoms with Crippen LogP contribution in [-0.2, 0) is 6.18 Å². The van der Waals surface area contributed by atoms with E-state index in [1.54, 1.807) is 0 Å². The molecule has 0 saturated carbocycles. The van der Waals surface area contributed by atoms with Crippen LogP contribution in [0.3, 0.4) is 0 Å². The largest absolute Gasteiger partial charge is 0.419 e. The van der Waals surface area contributed by atoms with E-state index < -0.39 is 24.3 Å². The van der Waals surface area contributed by atoms with E-state index in [4.69, 9.17) is 5.11 Å². The lowest BCUT2D eigenvalue weighted by atomic mass is 10.2. The van der Waals surface area contributed by atoms with Gasteiger partial charge < -0.3 is 10.4 Å². The molecule has 0 aliphatic heterocycles. The van der Waals surface area contributed by atoms with Gasteiger partial charge in [0.05, 0.1) is 5.56 Å². The molecule has 78 valence electrons. The maximum atomic E-state index is 12.7. The topological polar surface area (TPSA) is 32.3 Å². The number of nitrogens with one attached hydrogen (secondary N) is 1. The van der Waals surface area contributed by atoms with Crippen molar-refractivity contribution in [3.05, 3.63) is 29.6 Å². The summed E-state index contributed by atoms with van der Waals surface area (Å²) in [6.07, 6.45) is -4.72.